The molecule has 1 aliphatic heterocycles. The van der Waals surface area contributed by atoms with Crippen molar-refractivity contribution < 1.29 is 24.1 Å². The molecule has 0 bridgehead atoms. The molecule has 1 heterocycles. The van der Waals surface area contributed by atoms with E-state index in [2.05, 4.69) is 69.3 Å². The van der Waals surface area contributed by atoms with Crippen LogP contribution in [0.3, 0.4) is 0 Å². The molecular weight excluding hydrogens is 492 g/mol. The lowest BCUT2D eigenvalue weighted by Gasteiger charge is -2.48. The minimum absolute atomic E-state index is 0.109. The molecule has 0 radical (unpaired) electrons. The Kier molecular flexibility index (Phi) is 9.93. The number of hydrogen-bond donors (Lipinski definition) is 2. The van der Waals surface area contributed by atoms with Gasteiger partial charge in [-0.25, -0.2) is 0 Å². The summed E-state index contributed by atoms with van der Waals surface area (Å²) in [5, 5.41) is 23.0. The number of benzene rings is 3. The van der Waals surface area contributed by atoms with Gasteiger partial charge in [0.25, 0.3) is 8.32 Å². The van der Waals surface area contributed by atoms with Gasteiger partial charge in [0.2, 0.25) is 0 Å². The Bertz CT molecular complexity index is 1050. The Morgan fingerprint density at radius 1 is 0.868 bits per heavy atom. The molecule has 0 amide bonds. The minimum atomic E-state index is -2.82. The molecule has 2 N–H and O–H groups in total. The average molecular weight is 535 g/mol. The first-order chi connectivity index (χ1) is 18.3. The van der Waals surface area contributed by atoms with Gasteiger partial charge < -0.3 is 24.1 Å². The first-order valence-corrected chi connectivity index (χ1v) is 15.6. The Labute approximate surface area is 228 Å². The standard InChI is InChI=1S/C32H42O5Si/c1-32(2,3)38(27-15-9-5-10-16-27,28-17-11-6-12-18-28)37-30-20-19-26(36-31(30)29(34)21-22-33)24-35-23-25-13-7-4-8-14-25/h4-18,26,29-31,33-34H,19-24H2,1-3H3/t26-,29-,30+,31-/m0/s1. The predicted octanol–water partition coefficient (Wildman–Crippen LogP) is 4.44. The van der Waals surface area contributed by atoms with E-state index < -0.39 is 20.5 Å². The SMILES string of the molecule is CC(C)(C)[Si](O[C@@H]1CC[C@@H](COCc2ccccc2)O[C@H]1[C@@H](O)CCO)(c1ccccc1)c1ccccc1. The minimum Gasteiger partial charge on any atom is -0.402 e. The Morgan fingerprint density at radius 2 is 1.42 bits per heavy atom. The molecule has 1 aliphatic rings. The van der Waals surface area contributed by atoms with Gasteiger partial charge in [0.1, 0.15) is 6.10 Å². The molecule has 1 fully saturated rings. The highest BCUT2D eigenvalue weighted by Crippen LogP contribution is 2.40. The third kappa shape index (κ3) is 6.62. The van der Waals surface area contributed by atoms with Crippen molar-refractivity contribution in [3.05, 3.63) is 96.6 Å². The molecule has 1 saturated heterocycles. The first-order valence-electron chi connectivity index (χ1n) is 13.7. The van der Waals surface area contributed by atoms with Crippen molar-refractivity contribution in [2.75, 3.05) is 13.2 Å². The summed E-state index contributed by atoms with van der Waals surface area (Å²) in [6.45, 7) is 7.62. The monoisotopic (exact) mass is 534 g/mol. The normalized spacial score (nSPS) is 21.2. The van der Waals surface area contributed by atoms with Crippen molar-refractivity contribution in [2.45, 2.75) is 76.1 Å². The van der Waals surface area contributed by atoms with Crippen molar-refractivity contribution in [1.29, 1.82) is 0 Å². The maximum absolute atomic E-state index is 11.1. The lowest BCUT2D eigenvalue weighted by molar-refractivity contribution is -0.172. The second kappa shape index (κ2) is 13.2. The summed E-state index contributed by atoms with van der Waals surface area (Å²) in [6, 6.07) is 31.2. The average Bonchev–Trinajstić information content (AvgIpc) is 2.93. The van der Waals surface area contributed by atoms with Crippen LogP contribution in [0.1, 0.15) is 45.6 Å². The summed E-state index contributed by atoms with van der Waals surface area (Å²) in [6.07, 6.45) is -0.0767. The van der Waals surface area contributed by atoms with Crippen LogP contribution < -0.4 is 10.4 Å². The van der Waals surface area contributed by atoms with Gasteiger partial charge in [-0.3, -0.25) is 0 Å². The van der Waals surface area contributed by atoms with E-state index in [0.29, 0.717) is 13.2 Å². The molecule has 5 nitrogen and oxygen atoms in total. The maximum atomic E-state index is 11.1. The van der Waals surface area contributed by atoms with Crippen molar-refractivity contribution in [1.82, 2.24) is 0 Å². The summed E-state index contributed by atoms with van der Waals surface area (Å²) >= 11 is 0. The Hall–Kier alpha value is -2.32. The van der Waals surface area contributed by atoms with Crippen LogP contribution in [-0.4, -0.2) is 56.2 Å². The molecule has 38 heavy (non-hydrogen) atoms. The van der Waals surface area contributed by atoms with E-state index in [4.69, 9.17) is 13.9 Å². The van der Waals surface area contributed by atoms with Crippen molar-refractivity contribution in [2.24, 2.45) is 0 Å². The van der Waals surface area contributed by atoms with Gasteiger partial charge in [-0.05, 0) is 40.2 Å². The third-order valence-electron chi connectivity index (χ3n) is 7.45. The van der Waals surface area contributed by atoms with E-state index in [1.165, 1.54) is 10.4 Å². The Balaban J connectivity index is 1.60. The molecule has 6 heteroatoms. The van der Waals surface area contributed by atoms with Crippen LogP contribution in [0.5, 0.6) is 0 Å². The fourth-order valence-corrected chi connectivity index (χ4v) is 10.3. The molecule has 204 valence electrons. The Morgan fingerprint density at radius 3 is 1.95 bits per heavy atom. The highest BCUT2D eigenvalue weighted by atomic mass is 28.4. The molecule has 0 aliphatic carbocycles. The third-order valence-corrected chi connectivity index (χ3v) is 12.5. The fraction of sp³-hybridized carbons (Fsp3) is 0.438. The van der Waals surface area contributed by atoms with Crippen LogP contribution in [0.25, 0.3) is 0 Å². The number of aliphatic hydroxyl groups excluding tert-OH is 2. The highest BCUT2D eigenvalue weighted by molar-refractivity contribution is 6.99. The van der Waals surface area contributed by atoms with Gasteiger partial charge in [0.05, 0.1) is 31.5 Å². The lowest BCUT2D eigenvalue weighted by Crippen LogP contribution is -2.69. The van der Waals surface area contributed by atoms with Crippen molar-refractivity contribution in [3.63, 3.8) is 0 Å². The van der Waals surface area contributed by atoms with Crippen LogP contribution in [0.2, 0.25) is 5.04 Å². The lowest BCUT2D eigenvalue weighted by atomic mass is 9.96. The molecular formula is C32H42O5Si. The summed E-state index contributed by atoms with van der Waals surface area (Å²) in [5.41, 5.74) is 1.12. The predicted molar refractivity (Wildman–Crippen MR) is 154 cm³/mol. The van der Waals surface area contributed by atoms with Crippen molar-refractivity contribution in [3.8, 4) is 0 Å². The molecule has 3 aromatic rings. The topological polar surface area (TPSA) is 68.2 Å². The molecule has 4 rings (SSSR count). The summed E-state index contributed by atoms with van der Waals surface area (Å²) < 4.78 is 19.8. The van der Waals surface area contributed by atoms with Gasteiger partial charge in [-0.15, -0.1) is 0 Å². The molecule has 0 spiro atoms. The second-order valence-corrected chi connectivity index (χ2v) is 15.5. The molecule has 3 aromatic carbocycles. The van der Waals surface area contributed by atoms with E-state index >= 15 is 0 Å². The smallest absolute Gasteiger partial charge is 0.261 e. The zero-order valence-electron chi connectivity index (χ0n) is 22.8. The summed E-state index contributed by atoms with van der Waals surface area (Å²) in [7, 11) is -2.82. The number of rotatable bonds is 11. The van der Waals surface area contributed by atoms with Gasteiger partial charge in [0, 0.05) is 6.61 Å². The second-order valence-electron chi connectivity index (χ2n) is 11.2. The van der Waals surface area contributed by atoms with Crippen LogP contribution >= 0.6 is 0 Å². The van der Waals surface area contributed by atoms with E-state index in [1.54, 1.807) is 0 Å². The van der Waals surface area contributed by atoms with Crippen LogP contribution in [0, 0.1) is 0 Å². The van der Waals surface area contributed by atoms with Gasteiger partial charge in [-0.2, -0.15) is 0 Å². The van der Waals surface area contributed by atoms with E-state index in [1.807, 2.05) is 42.5 Å². The zero-order valence-corrected chi connectivity index (χ0v) is 23.8. The fourth-order valence-electron chi connectivity index (χ4n) is 5.58. The van der Waals surface area contributed by atoms with Gasteiger partial charge >= 0.3 is 0 Å². The maximum Gasteiger partial charge on any atom is 0.261 e. The van der Waals surface area contributed by atoms with Gasteiger partial charge in [-0.1, -0.05) is 112 Å². The first kappa shape index (κ1) is 28.7. The van der Waals surface area contributed by atoms with E-state index in [0.717, 1.165) is 18.4 Å². The van der Waals surface area contributed by atoms with Crippen molar-refractivity contribution >= 4 is 18.7 Å². The number of ether oxygens (including phenoxy) is 2. The summed E-state index contributed by atoms with van der Waals surface area (Å²) in [4.78, 5) is 0. The number of hydrogen-bond acceptors (Lipinski definition) is 5. The van der Waals surface area contributed by atoms with Crippen LogP contribution in [0.4, 0.5) is 0 Å². The van der Waals surface area contributed by atoms with Crippen LogP contribution in [0.15, 0.2) is 91.0 Å². The molecule has 4 atom stereocenters. The largest absolute Gasteiger partial charge is 0.402 e. The summed E-state index contributed by atoms with van der Waals surface area (Å²) in [5.74, 6) is 0. The molecule has 0 unspecified atom stereocenters. The van der Waals surface area contributed by atoms with Gasteiger partial charge in [0.15, 0.2) is 0 Å². The molecule has 0 aromatic heterocycles. The number of aliphatic hydroxyl groups is 2. The van der Waals surface area contributed by atoms with E-state index in [-0.39, 0.29) is 30.3 Å². The van der Waals surface area contributed by atoms with E-state index in [9.17, 15) is 10.2 Å². The highest BCUT2D eigenvalue weighted by Gasteiger charge is 2.53. The quantitative estimate of drug-likeness (QED) is 0.356. The molecule has 0 saturated carbocycles. The van der Waals surface area contributed by atoms with Crippen LogP contribution in [-0.2, 0) is 20.5 Å². The zero-order chi connectivity index (χ0) is 27.0.